The van der Waals surface area contributed by atoms with Crippen LogP contribution in [0.5, 0.6) is 0 Å². The zero-order valence-corrected chi connectivity index (χ0v) is 14.6. The van der Waals surface area contributed by atoms with Crippen molar-refractivity contribution in [2.45, 2.75) is 25.8 Å². The third-order valence-corrected chi connectivity index (χ3v) is 5.42. The van der Waals surface area contributed by atoms with Crippen LogP contribution in [0.3, 0.4) is 0 Å². The minimum Gasteiger partial charge on any atom is -0.451 e. The smallest absolute Gasteiger partial charge is 0.287 e. The second-order valence-corrected chi connectivity index (χ2v) is 7.16. The van der Waals surface area contributed by atoms with E-state index in [4.69, 9.17) is 4.42 Å². The van der Waals surface area contributed by atoms with E-state index in [0.29, 0.717) is 17.2 Å². The van der Waals surface area contributed by atoms with Gasteiger partial charge in [0.2, 0.25) is 0 Å². The molecule has 3 fully saturated rings. The Morgan fingerprint density at radius 2 is 2.04 bits per heavy atom. The number of rotatable bonds is 4. The Bertz CT molecular complexity index is 852. The maximum atomic E-state index is 12.5. The van der Waals surface area contributed by atoms with Gasteiger partial charge in [-0.1, -0.05) is 6.07 Å². The van der Waals surface area contributed by atoms with Gasteiger partial charge in [0.25, 0.3) is 11.6 Å². The summed E-state index contributed by atoms with van der Waals surface area (Å²) in [4.78, 5) is 25.8. The van der Waals surface area contributed by atoms with Gasteiger partial charge in [0.1, 0.15) is 5.76 Å². The van der Waals surface area contributed by atoms with Crippen molar-refractivity contribution in [3.05, 3.63) is 51.8 Å². The van der Waals surface area contributed by atoms with E-state index in [-0.39, 0.29) is 23.4 Å². The molecule has 5 rings (SSSR count). The van der Waals surface area contributed by atoms with Crippen molar-refractivity contribution >= 4 is 11.6 Å². The van der Waals surface area contributed by atoms with E-state index in [1.165, 1.54) is 6.07 Å². The van der Waals surface area contributed by atoms with Crippen LogP contribution in [0.2, 0.25) is 0 Å². The lowest BCUT2D eigenvalue weighted by Gasteiger charge is -2.44. The Kier molecular flexibility index (Phi) is 4.24. The molecule has 3 aliphatic rings. The average Bonchev–Trinajstić information content (AvgIpc) is 3.12. The van der Waals surface area contributed by atoms with Gasteiger partial charge in [-0.05, 0) is 62.5 Å². The zero-order chi connectivity index (χ0) is 18.3. The van der Waals surface area contributed by atoms with Gasteiger partial charge < -0.3 is 14.6 Å². The molecule has 3 aliphatic heterocycles. The average molecular weight is 355 g/mol. The van der Waals surface area contributed by atoms with Crippen molar-refractivity contribution < 1.29 is 14.1 Å². The summed E-state index contributed by atoms with van der Waals surface area (Å²) >= 11 is 0. The molecular weight excluding hydrogens is 334 g/mol. The Hall–Kier alpha value is -2.67. The van der Waals surface area contributed by atoms with Crippen LogP contribution >= 0.6 is 0 Å². The normalized spacial score (nSPS) is 24.4. The summed E-state index contributed by atoms with van der Waals surface area (Å²) in [5.74, 6) is 0.781. The number of carbonyl (C=O) groups excluding carboxylic acids is 1. The van der Waals surface area contributed by atoms with Crippen molar-refractivity contribution in [3.8, 4) is 11.3 Å². The molecule has 1 atom stereocenters. The predicted molar refractivity (Wildman–Crippen MR) is 96.0 cm³/mol. The first kappa shape index (κ1) is 16.8. The molecule has 2 aromatic rings. The molecule has 0 spiro atoms. The number of piperidine rings is 3. The van der Waals surface area contributed by atoms with E-state index in [1.54, 1.807) is 31.2 Å². The monoisotopic (exact) mass is 355 g/mol. The van der Waals surface area contributed by atoms with E-state index in [1.807, 2.05) is 0 Å². The van der Waals surface area contributed by atoms with Gasteiger partial charge >= 0.3 is 0 Å². The Morgan fingerprint density at radius 1 is 1.27 bits per heavy atom. The van der Waals surface area contributed by atoms with E-state index < -0.39 is 4.92 Å². The fourth-order valence-corrected chi connectivity index (χ4v) is 3.97. The fourth-order valence-electron chi connectivity index (χ4n) is 3.97. The number of carbonyl (C=O) groups is 1. The molecule has 2 bridgehead atoms. The number of hydrogen-bond acceptors (Lipinski definition) is 5. The van der Waals surface area contributed by atoms with Gasteiger partial charge in [-0.2, -0.15) is 0 Å². The first-order chi connectivity index (χ1) is 12.5. The standard InChI is InChI=1S/C19H21N3O4/c1-12-2-3-14(16(10-12)22(24)25)17-4-5-18(26-17)19(23)20-15-11-21-8-6-13(15)7-9-21/h2-5,10,13,15H,6-9,11H2,1H3,(H,20,23)/t15-/m0/s1. The molecule has 7 heteroatoms. The van der Waals surface area contributed by atoms with Crippen LogP contribution in [-0.2, 0) is 0 Å². The summed E-state index contributed by atoms with van der Waals surface area (Å²) in [5, 5.41) is 14.4. The van der Waals surface area contributed by atoms with Crippen molar-refractivity contribution in [2.75, 3.05) is 19.6 Å². The number of nitrogens with zero attached hydrogens (tertiary/aromatic N) is 2. The summed E-state index contributed by atoms with van der Waals surface area (Å²) < 4.78 is 5.65. The summed E-state index contributed by atoms with van der Waals surface area (Å²) in [6.45, 7) is 4.90. The Balaban J connectivity index is 1.53. The van der Waals surface area contributed by atoms with Gasteiger partial charge in [0.15, 0.2) is 5.76 Å². The number of furan rings is 1. The topological polar surface area (TPSA) is 88.6 Å². The summed E-state index contributed by atoms with van der Waals surface area (Å²) in [6.07, 6.45) is 2.23. The molecule has 136 valence electrons. The van der Waals surface area contributed by atoms with Gasteiger partial charge in [0, 0.05) is 18.7 Å². The van der Waals surface area contributed by atoms with E-state index in [2.05, 4.69) is 10.2 Å². The third kappa shape index (κ3) is 3.10. The molecular formula is C19H21N3O4. The molecule has 0 saturated carbocycles. The molecule has 0 unspecified atom stereocenters. The van der Waals surface area contributed by atoms with Crippen molar-refractivity contribution in [1.82, 2.24) is 10.2 Å². The van der Waals surface area contributed by atoms with Crippen LogP contribution in [0.4, 0.5) is 5.69 Å². The molecule has 7 nitrogen and oxygen atoms in total. The molecule has 4 heterocycles. The van der Waals surface area contributed by atoms with E-state index in [0.717, 1.165) is 38.0 Å². The minimum atomic E-state index is -0.433. The minimum absolute atomic E-state index is 0.0244. The molecule has 1 aromatic heterocycles. The lowest BCUT2D eigenvalue weighted by atomic mass is 9.84. The Labute approximate surface area is 151 Å². The van der Waals surface area contributed by atoms with Crippen LogP contribution in [0, 0.1) is 23.0 Å². The van der Waals surface area contributed by atoms with Gasteiger partial charge in [-0.25, -0.2) is 0 Å². The SMILES string of the molecule is Cc1ccc(-c2ccc(C(=O)N[C@H]3CN4CCC3CC4)o2)c([N+](=O)[O-])c1. The molecule has 3 saturated heterocycles. The fraction of sp³-hybridized carbons (Fsp3) is 0.421. The van der Waals surface area contributed by atoms with Crippen molar-refractivity contribution in [3.63, 3.8) is 0 Å². The summed E-state index contributed by atoms with van der Waals surface area (Å²) in [7, 11) is 0. The first-order valence-electron chi connectivity index (χ1n) is 8.90. The van der Waals surface area contributed by atoms with Crippen LogP contribution in [0.25, 0.3) is 11.3 Å². The van der Waals surface area contributed by atoms with Crippen LogP contribution < -0.4 is 5.32 Å². The predicted octanol–water partition coefficient (Wildman–Crippen LogP) is 2.99. The highest BCUT2D eigenvalue weighted by atomic mass is 16.6. The molecule has 1 amide bonds. The van der Waals surface area contributed by atoms with Crippen molar-refractivity contribution in [2.24, 2.45) is 5.92 Å². The van der Waals surface area contributed by atoms with Crippen LogP contribution in [0.1, 0.15) is 29.0 Å². The maximum absolute atomic E-state index is 12.5. The third-order valence-electron chi connectivity index (χ3n) is 5.42. The van der Waals surface area contributed by atoms with Gasteiger partial charge in [-0.15, -0.1) is 0 Å². The van der Waals surface area contributed by atoms with Crippen molar-refractivity contribution in [1.29, 1.82) is 0 Å². The number of nitrogens with one attached hydrogen (secondary N) is 1. The summed E-state index contributed by atoms with van der Waals surface area (Å²) in [6, 6.07) is 8.29. The molecule has 0 aliphatic carbocycles. The van der Waals surface area contributed by atoms with E-state index >= 15 is 0 Å². The number of amides is 1. The lowest BCUT2D eigenvalue weighted by molar-refractivity contribution is -0.384. The maximum Gasteiger partial charge on any atom is 0.287 e. The first-order valence-corrected chi connectivity index (χ1v) is 8.90. The number of hydrogen-bond donors (Lipinski definition) is 1. The molecule has 1 aromatic carbocycles. The Morgan fingerprint density at radius 3 is 2.69 bits per heavy atom. The van der Waals surface area contributed by atoms with Crippen LogP contribution in [-0.4, -0.2) is 41.4 Å². The van der Waals surface area contributed by atoms with Gasteiger partial charge in [-0.3, -0.25) is 14.9 Å². The quantitative estimate of drug-likeness (QED) is 0.673. The number of nitro groups is 1. The highest BCUT2D eigenvalue weighted by Gasteiger charge is 2.35. The highest BCUT2D eigenvalue weighted by Crippen LogP contribution is 2.32. The zero-order valence-electron chi connectivity index (χ0n) is 14.6. The van der Waals surface area contributed by atoms with E-state index in [9.17, 15) is 14.9 Å². The van der Waals surface area contributed by atoms with Gasteiger partial charge in [0.05, 0.1) is 10.5 Å². The lowest BCUT2D eigenvalue weighted by Crippen LogP contribution is -2.57. The molecule has 1 N–H and O–H groups in total. The largest absolute Gasteiger partial charge is 0.451 e. The summed E-state index contributed by atoms with van der Waals surface area (Å²) in [5.41, 5.74) is 1.15. The molecule has 0 radical (unpaired) electrons. The highest BCUT2D eigenvalue weighted by molar-refractivity contribution is 5.92. The second kappa shape index (κ2) is 6.57. The van der Waals surface area contributed by atoms with Crippen LogP contribution in [0.15, 0.2) is 34.7 Å². The molecule has 26 heavy (non-hydrogen) atoms. The number of fused-ring (bicyclic) bond motifs is 3. The number of nitro benzene ring substituents is 1. The second-order valence-electron chi connectivity index (χ2n) is 7.16. The number of aryl methyl sites for hydroxylation is 1. The number of benzene rings is 1.